The van der Waals surface area contributed by atoms with Crippen LogP contribution in [-0.4, -0.2) is 80.8 Å². The molecular weight excluding hydrogens is 390 g/mol. The van der Waals surface area contributed by atoms with E-state index >= 15 is 0 Å². The second-order valence-corrected chi connectivity index (χ2v) is 7.11. The molecule has 0 bridgehead atoms. The number of hydrogen-bond acceptors (Lipinski definition) is 5. The predicted octanol–water partition coefficient (Wildman–Crippen LogP) is 4.10. The third kappa shape index (κ3) is 17.2. The second-order valence-electron chi connectivity index (χ2n) is 7.11. The van der Waals surface area contributed by atoms with Crippen molar-refractivity contribution in [3.63, 3.8) is 0 Å². The molecule has 0 saturated carbocycles. The van der Waals surface area contributed by atoms with E-state index in [-0.39, 0.29) is 11.7 Å². The van der Waals surface area contributed by atoms with E-state index in [0.29, 0.717) is 26.2 Å². The number of amides is 1. The zero-order chi connectivity index (χ0) is 24.2. The van der Waals surface area contributed by atoms with Gasteiger partial charge < -0.3 is 14.5 Å². The normalized spacial score (nSPS) is 10.3. The maximum absolute atomic E-state index is 12.3. The quantitative estimate of drug-likeness (QED) is 0.365. The van der Waals surface area contributed by atoms with Crippen LogP contribution in [0.25, 0.3) is 0 Å². The Bertz CT molecular complexity index is 613. The highest BCUT2D eigenvalue weighted by molar-refractivity contribution is 5.87. The van der Waals surface area contributed by atoms with Crippen molar-refractivity contribution >= 4 is 11.7 Å². The summed E-state index contributed by atoms with van der Waals surface area (Å²) in [7, 11) is 7.76. The fraction of sp³-hybridized carbons (Fsp3) is 0.600. The summed E-state index contributed by atoms with van der Waals surface area (Å²) in [6, 6.07) is 7.87. The van der Waals surface area contributed by atoms with Crippen molar-refractivity contribution in [1.82, 2.24) is 14.7 Å². The van der Waals surface area contributed by atoms with Crippen molar-refractivity contribution in [3.05, 3.63) is 42.0 Å². The lowest BCUT2D eigenvalue weighted by molar-refractivity contribution is -0.131. The van der Waals surface area contributed by atoms with Gasteiger partial charge in [-0.05, 0) is 58.3 Å². The molecule has 0 aromatic heterocycles. The molecule has 1 amide bonds. The Labute approximate surface area is 190 Å². The average Bonchev–Trinajstić information content (AvgIpc) is 2.74. The summed E-state index contributed by atoms with van der Waals surface area (Å²) in [6.07, 6.45) is 4.28. The molecule has 0 atom stereocenters. The molecule has 0 aliphatic rings. The van der Waals surface area contributed by atoms with Gasteiger partial charge in [0.15, 0.2) is 5.78 Å². The number of allylic oxidation sites excluding steroid dienone is 1. The fourth-order valence-electron chi connectivity index (χ4n) is 2.44. The molecule has 1 aromatic carbocycles. The van der Waals surface area contributed by atoms with Crippen molar-refractivity contribution in [2.45, 2.75) is 47.6 Å². The molecule has 1 aromatic rings. The summed E-state index contributed by atoms with van der Waals surface area (Å²) in [5.74, 6) is 0.901. The summed E-state index contributed by atoms with van der Waals surface area (Å²) in [5, 5.41) is 0. The first kappa shape index (κ1) is 31.0. The van der Waals surface area contributed by atoms with E-state index in [4.69, 9.17) is 4.74 Å². The van der Waals surface area contributed by atoms with E-state index in [0.717, 1.165) is 24.3 Å². The predicted molar refractivity (Wildman–Crippen MR) is 132 cm³/mol. The van der Waals surface area contributed by atoms with Gasteiger partial charge in [0.25, 0.3) is 0 Å². The highest BCUT2D eigenvalue weighted by Gasteiger charge is 2.11. The number of ketones is 1. The van der Waals surface area contributed by atoms with Gasteiger partial charge >= 0.3 is 0 Å². The number of carbonyl (C=O) groups excluding carboxylic acids is 2. The number of carbonyl (C=O) groups is 2. The molecule has 31 heavy (non-hydrogen) atoms. The molecule has 6 heteroatoms. The van der Waals surface area contributed by atoms with Gasteiger partial charge in [-0.1, -0.05) is 45.9 Å². The van der Waals surface area contributed by atoms with Crippen LogP contribution in [0.2, 0.25) is 0 Å². The van der Waals surface area contributed by atoms with Crippen LogP contribution in [0, 0.1) is 0 Å². The molecule has 0 unspecified atom stereocenters. The topological polar surface area (TPSA) is 53.1 Å². The zero-order valence-corrected chi connectivity index (χ0v) is 21.3. The molecule has 0 spiro atoms. The number of nitrogens with zero attached hydrogens (tertiary/aromatic N) is 3. The number of ether oxygens (including phenoxy) is 1. The van der Waals surface area contributed by atoms with Crippen LogP contribution in [0.15, 0.2) is 36.4 Å². The summed E-state index contributed by atoms with van der Waals surface area (Å²) >= 11 is 0. The molecule has 6 nitrogen and oxygen atoms in total. The lowest BCUT2D eigenvalue weighted by atomic mass is 10.2. The third-order valence-electron chi connectivity index (χ3n) is 3.96. The van der Waals surface area contributed by atoms with E-state index in [1.807, 2.05) is 78.0 Å². The minimum absolute atomic E-state index is 0.0111. The highest BCUT2D eigenvalue weighted by atomic mass is 16.5. The van der Waals surface area contributed by atoms with Crippen molar-refractivity contribution < 1.29 is 14.3 Å². The molecule has 0 N–H and O–H groups in total. The summed E-state index contributed by atoms with van der Waals surface area (Å²) in [6.45, 7) is 12.6. The second kappa shape index (κ2) is 19.8. The Kier molecular flexibility index (Phi) is 19.8. The molecule has 0 heterocycles. The van der Waals surface area contributed by atoms with E-state index in [9.17, 15) is 9.59 Å². The number of hydrogen-bond donors (Lipinski definition) is 0. The van der Waals surface area contributed by atoms with E-state index in [2.05, 4.69) is 4.90 Å². The number of rotatable bonds is 12. The van der Waals surface area contributed by atoms with Gasteiger partial charge in [-0.3, -0.25) is 14.5 Å². The molecule has 0 fully saturated rings. The first-order chi connectivity index (χ1) is 14.8. The molecule has 0 radical (unpaired) electrons. The SMILES string of the molecule is CC.CC.CC(=O)/C=C/CN(C)CC(=O)N(C)Cc1ccc(OCCCN(C)C)cc1. The van der Waals surface area contributed by atoms with Crippen LogP contribution in [0.4, 0.5) is 0 Å². The van der Waals surface area contributed by atoms with E-state index < -0.39 is 0 Å². The first-order valence-corrected chi connectivity index (χ1v) is 11.2. The van der Waals surface area contributed by atoms with Crippen LogP contribution in [0.5, 0.6) is 5.75 Å². The summed E-state index contributed by atoms with van der Waals surface area (Å²) < 4.78 is 5.73. The standard InChI is InChI=1S/C21H33N3O3.2C2H6/c1-18(25)8-6-14-23(4)17-21(26)24(5)16-19-9-11-20(12-10-19)27-15-7-13-22(2)3;2*1-2/h6,8-12H,7,13-17H2,1-5H3;2*1-2H3/b8-6+;;. The van der Waals surface area contributed by atoms with Gasteiger partial charge in [0.05, 0.1) is 13.2 Å². The summed E-state index contributed by atoms with van der Waals surface area (Å²) in [5.41, 5.74) is 1.06. The Balaban J connectivity index is 0. The van der Waals surface area contributed by atoms with Gasteiger partial charge in [0.2, 0.25) is 5.91 Å². The average molecular weight is 436 g/mol. The summed E-state index contributed by atoms with van der Waals surface area (Å²) in [4.78, 5) is 28.9. The Hall–Kier alpha value is -2.18. The van der Waals surface area contributed by atoms with Gasteiger partial charge in [0, 0.05) is 26.7 Å². The molecule has 0 aliphatic carbocycles. The number of benzene rings is 1. The molecule has 1 rings (SSSR count). The molecular formula is C25H45N3O3. The first-order valence-electron chi connectivity index (χ1n) is 11.2. The van der Waals surface area contributed by atoms with Crippen molar-refractivity contribution in [1.29, 1.82) is 0 Å². The third-order valence-corrected chi connectivity index (χ3v) is 3.96. The van der Waals surface area contributed by atoms with Crippen LogP contribution in [0.3, 0.4) is 0 Å². The maximum atomic E-state index is 12.3. The van der Waals surface area contributed by atoms with Crippen LogP contribution >= 0.6 is 0 Å². The van der Waals surface area contributed by atoms with Crippen molar-refractivity contribution in [2.75, 3.05) is 54.4 Å². The monoisotopic (exact) mass is 435 g/mol. The van der Waals surface area contributed by atoms with Crippen molar-refractivity contribution in [2.24, 2.45) is 0 Å². The van der Waals surface area contributed by atoms with Gasteiger partial charge in [-0.2, -0.15) is 0 Å². The Morgan fingerprint density at radius 2 is 1.55 bits per heavy atom. The smallest absolute Gasteiger partial charge is 0.236 e. The molecule has 178 valence electrons. The van der Waals surface area contributed by atoms with E-state index in [1.54, 1.807) is 18.0 Å². The maximum Gasteiger partial charge on any atom is 0.236 e. The zero-order valence-electron chi connectivity index (χ0n) is 21.3. The number of likely N-dealkylation sites (N-methyl/N-ethyl adjacent to an activating group) is 2. The lowest BCUT2D eigenvalue weighted by Crippen LogP contribution is -2.36. The van der Waals surface area contributed by atoms with Crippen LogP contribution in [0.1, 0.15) is 46.6 Å². The van der Waals surface area contributed by atoms with Crippen molar-refractivity contribution in [3.8, 4) is 5.75 Å². The molecule has 0 aliphatic heterocycles. The Morgan fingerprint density at radius 1 is 0.968 bits per heavy atom. The van der Waals surface area contributed by atoms with Gasteiger partial charge in [-0.25, -0.2) is 0 Å². The largest absolute Gasteiger partial charge is 0.494 e. The van der Waals surface area contributed by atoms with Crippen LogP contribution in [-0.2, 0) is 16.1 Å². The van der Waals surface area contributed by atoms with Gasteiger partial charge in [0.1, 0.15) is 5.75 Å². The van der Waals surface area contributed by atoms with E-state index in [1.165, 1.54) is 13.0 Å². The fourth-order valence-corrected chi connectivity index (χ4v) is 2.44. The highest BCUT2D eigenvalue weighted by Crippen LogP contribution is 2.14. The Morgan fingerprint density at radius 3 is 2.06 bits per heavy atom. The molecule has 0 saturated heterocycles. The van der Waals surface area contributed by atoms with Gasteiger partial charge in [-0.15, -0.1) is 0 Å². The van der Waals surface area contributed by atoms with Crippen LogP contribution < -0.4 is 4.74 Å². The minimum atomic E-state index is 0.0111. The minimum Gasteiger partial charge on any atom is -0.494 e. The lowest BCUT2D eigenvalue weighted by Gasteiger charge is -2.21.